The van der Waals surface area contributed by atoms with Gasteiger partial charge in [-0.05, 0) is 23.1 Å². The first-order valence-corrected chi connectivity index (χ1v) is 7.81. The van der Waals surface area contributed by atoms with Crippen LogP contribution in [0.2, 0.25) is 0 Å². The minimum absolute atomic E-state index is 0.0699. The summed E-state index contributed by atoms with van der Waals surface area (Å²) in [7, 11) is 0. The molecule has 1 rings (SSSR count). The zero-order valence-electron chi connectivity index (χ0n) is 14.2. The van der Waals surface area contributed by atoms with Crippen molar-refractivity contribution in [3.8, 4) is 0 Å². The SMILES string of the molecule is CC(CO)c1cc(C(C)CO)cc(C(C)CO)c1.C[CH]CO. The lowest BCUT2D eigenvalue weighted by atomic mass is 9.89. The molecule has 0 saturated heterocycles. The van der Waals surface area contributed by atoms with Gasteiger partial charge in [-0.15, -0.1) is 0 Å². The Morgan fingerprint density at radius 3 is 1.09 bits per heavy atom. The Labute approximate surface area is 134 Å². The highest BCUT2D eigenvalue weighted by molar-refractivity contribution is 5.35. The average Bonchev–Trinajstić information content (AvgIpc) is 2.59. The Bertz CT molecular complexity index is 335. The van der Waals surface area contributed by atoms with Crippen LogP contribution in [0.15, 0.2) is 18.2 Å². The van der Waals surface area contributed by atoms with E-state index in [9.17, 15) is 15.3 Å². The summed E-state index contributed by atoms with van der Waals surface area (Å²) in [6.45, 7) is 8.21. The fourth-order valence-electron chi connectivity index (χ4n) is 1.87. The lowest BCUT2D eigenvalue weighted by Gasteiger charge is -2.18. The maximum Gasteiger partial charge on any atom is 0.0497 e. The summed E-state index contributed by atoms with van der Waals surface area (Å²) in [5.74, 6) is 0.210. The Hall–Kier alpha value is -0.940. The summed E-state index contributed by atoms with van der Waals surface area (Å²) in [5.41, 5.74) is 3.18. The molecular weight excluding hydrogens is 280 g/mol. The average molecular weight is 311 g/mol. The number of hydrogen-bond acceptors (Lipinski definition) is 4. The van der Waals surface area contributed by atoms with Crippen molar-refractivity contribution in [1.29, 1.82) is 0 Å². The Morgan fingerprint density at radius 1 is 0.727 bits per heavy atom. The van der Waals surface area contributed by atoms with Crippen molar-refractivity contribution in [2.45, 2.75) is 45.4 Å². The number of aliphatic hydroxyl groups is 4. The third-order valence-electron chi connectivity index (χ3n) is 3.71. The van der Waals surface area contributed by atoms with Crippen molar-refractivity contribution < 1.29 is 20.4 Å². The van der Waals surface area contributed by atoms with Gasteiger partial charge in [-0.3, -0.25) is 0 Å². The van der Waals surface area contributed by atoms with Crippen LogP contribution in [0.4, 0.5) is 0 Å². The van der Waals surface area contributed by atoms with Gasteiger partial charge in [-0.1, -0.05) is 45.9 Å². The molecule has 0 spiro atoms. The van der Waals surface area contributed by atoms with Gasteiger partial charge in [0, 0.05) is 44.2 Å². The van der Waals surface area contributed by atoms with Gasteiger partial charge < -0.3 is 20.4 Å². The fraction of sp³-hybridized carbons (Fsp3) is 0.611. The second-order valence-electron chi connectivity index (χ2n) is 5.77. The molecule has 1 radical (unpaired) electrons. The Balaban J connectivity index is 0.000000980. The Morgan fingerprint density at radius 2 is 0.955 bits per heavy atom. The molecule has 0 bridgehead atoms. The molecule has 1 aromatic rings. The van der Waals surface area contributed by atoms with Crippen LogP contribution in [0.1, 0.15) is 62.1 Å². The van der Waals surface area contributed by atoms with E-state index in [0.717, 1.165) is 16.7 Å². The number of benzene rings is 1. The molecule has 0 aromatic heterocycles. The number of rotatable bonds is 7. The maximum atomic E-state index is 9.26. The predicted octanol–water partition coefficient (Wildman–Crippen LogP) is 2.18. The summed E-state index contributed by atoms with van der Waals surface area (Å²) in [6, 6.07) is 6.11. The van der Waals surface area contributed by atoms with Gasteiger partial charge in [0.05, 0.1) is 0 Å². The van der Waals surface area contributed by atoms with Crippen LogP contribution in [0, 0.1) is 6.42 Å². The van der Waals surface area contributed by atoms with Crippen molar-refractivity contribution in [3.63, 3.8) is 0 Å². The molecular formula is C18H31O4. The zero-order chi connectivity index (χ0) is 17.1. The van der Waals surface area contributed by atoms with Gasteiger partial charge in [-0.25, -0.2) is 0 Å². The van der Waals surface area contributed by atoms with Crippen LogP contribution in [-0.4, -0.2) is 46.9 Å². The van der Waals surface area contributed by atoms with E-state index in [1.54, 1.807) is 13.3 Å². The van der Waals surface area contributed by atoms with Crippen LogP contribution >= 0.6 is 0 Å². The molecule has 4 nitrogen and oxygen atoms in total. The first kappa shape index (κ1) is 21.1. The van der Waals surface area contributed by atoms with Crippen molar-refractivity contribution in [2.75, 3.05) is 26.4 Å². The minimum Gasteiger partial charge on any atom is -0.396 e. The molecule has 3 unspecified atom stereocenters. The van der Waals surface area contributed by atoms with Crippen LogP contribution < -0.4 is 0 Å². The highest BCUT2D eigenvalue weighted by atomic mass is 16.3. The van der Waals surface area contributed by atoms with E-state index < -0.39 is 0 Å². The Kier molecular flexibility index (Phi) is 11.1. The standard InChI is InChI=1S/C15H24O3.C3H7O/c1-10(7-16)13-4-14(11(2)8-17)6-15(5-13)12(3)9-18;1-2-3-4/h4-6,10-12,16-18H,7-9H2,1-3H3;2,4H,3H2,1H3. The molecule has 0 fully saturated rings. The molecule has 0 aliphatic rings. The fourth-order valence-corrected chi connectivity index (χ4v) is 1.87. The lowest BCUT2D eigenvalue weighted by Crippen LogP contribution is -2.07. The monoisotopic (exact) mass is 311 g/mol. The van der Waals surface area contributed by atoms with Crippen molar-refractivity contribution in [1.82, 2.24) is 0 Å². The van der Waals surface area contributed by atoms with E-state index in [0.29, 0.717) is 0 Å². The van der Waals surface area contributed by atoms with Gasteiger partial charge in [-0.2, -0.15) is 0 Å². The van der Waals surface area contributed by atoms with E-state index >= 15 is 0 Å². The molecule has 3 atom stereocenters. The van der Waals surface area contributed by atoms with Crippen LogP contribution in [0.5, 0.6) is 0 Å². The van der Waals surface area contributed by atoms with E-state index in [-0.39, 0.29) is 44.2 Å². The zero-order valence-corrected chi connectivity index (χ0v) is 14.2. The molecule has 4 heteroatoms. The second-order valence-corrected chi connectivity index (χ2v) is 5.77. The van der Waals surface area contributed by atoms with Gasteiger partial charge in [0.2, 0.25) is 0 Å². The van der Waals surface area contributed by atoms with Gasteiger partial charge in [0.1, 0.15) is 0 Å². The van der Waals surface area contributed by atoms with Crippen molar-refractivity contribution in [2.24, 2.45) is 0 Å². The van der Waals surface area contributed by atoms with Crippen molar-refractivity contribution >= 4 is 0 Å². The number of hydrogen-bond donors (Lipinski definition) is 4. The molecule has 1 aromatic carbocycles. The quantitative estimate of drug-likeness (QED) is 0.622. The smallest absolute Gasteiger partial charge is 0.0497 e. The topological polar surface area (TPSA) is 80.9 Å². The van der Waals surface area contributed by atoms with E-state index in [1.165, 1.54) is 0 Å². The van der Waals surface area contributed by atoms with Crippen molar-refractivity contribution in [3.05, 3.63) is 41.3 Å². The summed E-state index contributed by atoms with van der Waals surface area (Å²) in [4.78, 5) is 0. The summed E-state index contributed by atoms with van der Waals surface area (Å²) in [5, 5.41) is 35.6. The molecule has 0 saturated carbocycles. The molecule has 0 aliphatic heterocycles. The van der Waals surface area contributed by atoms with Gasteiger partial charge >= 0.3 is 0 Å². The predicted molar refractivity (Wildman–Crippen MR) is 90.0 cm³/mol. The van der Waals surface area contributed by atoms with Crippen LogP contribution in [-0.2, 0) is 0 Å². The van der Waals surface area contributed by atoms with Gasteiger partial charge in [0.15, 0.2) is 0 Å². The lowest BCUT2D eigenvalue weighted by molar-refractivity contribution is 0.268. The molecule has 0 heterocycles. The summed E-state index contributed by atoms with van der Waals surface area (Å²) in [6.07, 6.45) is 1.68. The first-order valence-electron chi connectivity index (χ1n) is 7.81. The van der Waals surface area contributed by atoms with E-state index in [4.69, 9.17) is 5.11 Å². The summed E-state index contributed by atoms with van der Waals surface area (Å²) < 4.78 is 0. The molecule has 0 aliphatic carbocycles. The second kappa shape index (κ2) is 11.6. The minimum atomic E-state index is 0.0699. The van der Waals surface area contributed by atoms with E-state index in [2.05, 4.69) is 0 Å². The summed E-state index contributed by atoms with van der Waals surface area (Å²) >= 11 is 0. The molecule has 127 valence electrons. The molecule has 22 heavy (non-hydrogen) atoms. The third kappa shape index (κ3) is 6.88. The third-order valence-corrected chi connectivity index (χ3v) is 3.71. The largest absolute Gasteiger partial charge is 0.396 e. The van der Waals surface area contributed by atoms with Gasteiger partial charge in [0.25, 0.3) is 0 Å². The normalized spacial score (nSPS) is 14.7. The molecule has 0 amide bonds. The van der Waals surface area contributed by atoms with E-state index in [1.807, 2.05) is 39.0 Å². The highest BCUT2D eigenvalue weighted by Crippen LogP contribution is 2.27. The first-order chi connectivity index (χ1) is 10.4. The van der Waals surface area contributed by atoms with Crippen LogP contribution in [0.25, 0.3) is 0 Å². The number of aliphatic hydroxyl groups excluding tert-OH is 4. The molecule has 4 N–H and O–H groups in total. The van der Waals surface area contributed by atoms with Crippen LogP contribution in [0.3, 0.4) is 0 Å². The maximum absolute atomic E-state index is 9.26. The highest BCUT2D eigenvalue weighted by Gasteiger charge is 2.13.